The summed E-state index contributed by atoms with van der Waals surface area (Å²) in [6.07, 6.45) is 0. The number of hydrogen-bond donors (Lipinski definition) is 0. The molecule has 0 atom stereocenters. The molecule has 0 unspecified atom stereocenters. The SMILES string of the molecule is CC(C)(C)C(=O)c1ccccc1.CC(C)C(=O)c1ccccc1. The highest BCUT2D eigenvalue weighted by Crippen LogP contribution is 2.20. The lowest BCUT2D eigenvalue weighted by Crippen LogP contribution is -2.19. The molecule has 2 heteroatoms. The van der Waals surface area contributed by atoms with Crippen LogP contribution in [0, 0.1) is 11.3 Å². The van der Waals surface area contributed by atoms with Crippen LogP contribution in [0.2, 0.25) is 0 Å². The number of hydrogen-bond acceptors (Lipinski definition) is 2. The fourth-order valence-electron chi connectivity index (χ4n) is 1.96. The van der Waals surface area contributed by atoms with Crippen LogP contribution in [0.15, 0.2) is 60.7 Å². The molecule has 23 heavy (non-hydrogen) atoms. The van der Waals surface area contributed by atoms with E-state index in [1.165, 1.54) is 0 Å². The third-order valence-electron chi connectivity index (χ3n) is 3.30. The number of carbonyl (C=O) groups is 2. The van der Waals surface area contributed by atoms with Crippen LogP contribution in [-0.2, 0) is 0 Å². The second-order valence-electron chi connectivity index (χ2n) is 6.83. The molecule has 0 saturated heterocycles. The maximum atomic E-state index is 11.7. The Balaban J connectivity index is 0.000000231. The first-order valence-electron chi connectivity index (χ1n) is 7.92. The molecule has 0 N–H and O–H groups in total. The lowest BCUT2D eigenvalue weighted by molar-refractivity contribution is 0.0858. The number of Topliss-reactive ketones (excluding diaryl/α,β-unsaturated/α-hetero) is 2. The van der Waals surface area contributed by atoms with Crippen molar-refractivity contribution in [2.45, 2.75) is 34.6 Å². The number of carbonyl (C=O) groups excluding carboxylic acids is 2. The van der Waals surface area contributed by atoms with Crippen molar-refractivity contribution in [3.63, 3.8) is 0 Å². The lowest BCUT2D eigenvalue weighted by atomic mass is 9.87. The largest absolute Gasteiger partial charge is 0.294 e. The van der Waals surface area contributed by atoms with Crippen LogP contribution in [0.3, 0.4) is 0 Å². The molecule has 2 nitrogen and oxygen atoms in total. The van der Waals surface area contributed by atoms with E-state index in [2.05, 4.69) is 0 Å². The summed E-state index contributed by atoms with van der Waals surface area (Å²) in [6, 6.07) is 18.8. The first-order valence-corrected chi connectivity index (χ1v) is 7.92. The monoisotopic (exact) mass is 310 g/mol. The summed E-state index contributed by atoms with van der Waals surface area (Å²) in [5.41, 5.74) is 1.33. The molecular formula is C21H26O2. The molecular weight excluding hydrogens is 284 g/mol. The van der Waals surface area contributed by atoms with Crippen molar-refractivity contribution in [3.05, 3.63) is 71.8 Å². The van der Waals surface area contributed by atoms with Crippen LogP contribution in [0.5, 0.6) is 0 Å². The van der Waals surface area contributed by atoms with E-state index in [0.29, 0.717) is 0 Å². The molecule has 2 aromatic rings. The Morgan fingerprint density at radius 1 is 0.739 bits per heavy atom. The second-order valence-corrected chi connectivity index (χ2v) is 6.83. The van der Waals surface area contributed by atoms with E-state index in [0.717, 1.165) is 11.1 Å². The van der Waals surface area contributed by atoms with Gasteiger partial charge in [-0.15, -0.1) is 0 Å². The molecule has 0 aliphatic rings. The quantitative estimate of drug-likeness (QED) is 0.707. The second kappa shape index (κ2) is 8.42. The predicted octanol–water partition coefficient (Wildman–Crippen LogP) is 5.44. The average molecular weight is 310 g/mol. The zero-order valence-electron chi connectivity index (χ0n) is 14.7. The van der Waals surface area contributed by atoms with Crippen molar-refractivity contribution in [3.8, 4) is 0 Å². The van der Waals surface area contributed by atoms with Gasteiger partial charge in [0, 0.05) is 22.5 Å². The van der Waals surface area contributed by atoms with Crippen molar-refractivity contribution in [1.82, 2.24) is 0 Å². The highest BCUT2D eigenvalue weighted by atomic mass is 16.1. The summed E-state index contributed by atoms with van der Waals surface area (Å²) in [7, 11) is 0. The van der Waals surface area contributed by atoms with Gasteiger partial charge in [0.05, 0.1) is 0 Å². The maximum Gasteiger partial charge on any atom is 0.168 e. The zero-order valence-corrected chi connectivity index (χ0v) is 14.7. The molecule has 2 rings (SSSR count). The standard InChI is InChI=1S/C11H14O.C10H12O/c1-11(2,3)10(12)9-7-5-4-6-8-9;1-8(2)10(11)9-6-4-3-5-7-9/h4-8H,1-3H3;3-8H,1-2H3. The topological polar surface area (TPSA) is 34.1 Å². The molecule has 2 aromatic carbocycles. The maximum absolute atomic E-state index is 11.7. The smallest absolute Gasteiger partial charge is 0.168 e. The molecule has 0 fully saturated rings. The normalized spacial score (nSPS) is 10.7. The summed E-state index contributed by atoms with van der Waals surface area (Å²) in [5, 5.41) is 0. The lowest BCUT2D eigenvalue weighted by Gasteiger charge is -2.16. The predicted molar refractivity (Wildman–Crippen MR) is 95.8 cm³/mol. The van der Waals surface area contributed by atoms with Gasteiger partial charge in [0.2, 0.25) is 0 Å². The number of ketones is 2. The molecule has 0 aromatic heterocycles. The van der Waals surface area contributed by atoms with Crippen LogP contribution in [0.4, 0.5) is 0 Å². The Morgan fingerprint density at radius 3 is 1.48 bits per heavy atom. The van der Waals surface area contributed by atoms with Gasteiger partial charge in [0.1, 0.15) is 0 Å². The van der Waals surface area contributed by atoms with Crippen molar-refractivity contribution in [1.29, 1.82) is 0 Å². The van der Waals surface area contributed by atoms with Crippen LogP contribution in [0.25, 0.3) is 0 Å². The molecule has 0 heterocycles. The molecule has 0 aliphatic carbocycles. The first-order chi connectivity index (χ1) is 10.7. The minimum atomic E-state index is -0.276. The van der Waals surface area contributed by atoms with Crippen LogP contribution < -0.4 is 0 Å². The molecule has 0 amide bonds. The highest BCUT2D eigenvalue weighted by molar-refractivity contribution is 5.99. The van der Waals surface area contributed by atoms with Gasteiger partial charge in [-0.3, -0.25) is 9.59 Å². The van der Waals surface area contributed by atoms with E-state index in [-0.39, 0.29) is 22.9 Å². The summed E-state index contributed by atoms with van der Waals surface area (Å²) in [6.45, 7) is 9.62. The van der Waals surface area contributed by atoms with E-state index < -0.39 is 0 Å². The van der Waals surface area contributed by atoms with E-state index in [9.17, 15) is 9.59 Å². The van der Waals surface area contributed by atoms with Gasteiger partial charge in [-0.2, -0.15) is 0 Å². The van der Waals surface area contributed by atoms with E-state index in [1.807, 2.05) is 95.3 Å². The minimum Gasteiger partial charge on any atom is -0.294 e. The fourth-order valence-corrected chi connectivity index (χ4v) is 1.96. The molecule has 0 radical (unpaired) electrons. The molecule has 0 spiro atoms. The molecule has 0 aliphatic heterocycles. The molecule has 122 valence electrons. The van der Waals surface area contributed by atoms with Crippen molar-refractivity contribution in [2.75, 3.05) is 0 Å². The third kappa shape index (κ3) is 6.19. The van der Waals surface area contributed by atoms with Gasteiger partial charge < -0.3 is 0 Å². The first kappa shape index (κ1) is 18.8. The summed E-state index contributed by atoms with van der Waals surface area (Å²) < 4.78 is 0. The van der Waals surface area contributed by atoms with Crippen molar-refractivity contribution >= 4 is 11.6 Å². The Hall–Kier alpha value is -2.22. The van der Waals surface area contributed by atoms with Gasteiger partial charge >= 0.3 is 0 Å². The number of benzene rings is 2. The Kier molecular flexibility index (Phi) is 6.89. The Bertz CT molecular complexity index is 620. The van der Waals surface area contributed by atoms with E-state index >= 15 is 0 Å². The van der Waals surface area contributed by atoms with Crippen LogP contribution in [-0.4, -0.2) is 11.6 Å². The Labute approximate surface area is 139 Å². The van der Waals surface area contributed by atoms with Crippen molar-refractivity contribution in [2.24, 2.45) is 11.3 Å². The summed E-state index contributed by atoms with van der Waals surface area (Å²) >= 11 is 0. The Morgan fingerprint density at radius 2 is 1.13 bits per heavy atom. The third-order valence-corrected chi connectivity index (χ3v) is 3.30. The van der Waals surface area contributed by atoms with Crippen molar-refractivity contribution < 1.29 is 9.59 Å². The number of rotatable bonds is 3. The zero-order chi connectivity index (χ0) is 17.5. The highest BCUT2D eigenvalue weighted by Gasteiger charge is 2.22. The summed E-state index contributed by atoms with van der Waals surface area (Å²) in [5.74, 6) is 0.506. The van der Waals surface area contributed by atoms with Gasteiger partial charge in [0.25, 0.3) is 0 Å². The van der Waals surface area contributed by atoms with Gasteiger partial charge in [0.15, 0.2) is 11.6 Å². The van der Waals surface area contributed by atoms with Crippen LogP contribution in [0.1, 0.15) is 55.3 Å². The van der Waals surface area contributed by atoms with E-state index in [4.69, 9.17) is 0 Å². The summed E-state index contributed by atoms with van der Waals surface area (Å²) in [4.78, 5) is 23.0. The van der Waals surface area contributed by atoms with E-state index in [1.54, 1.807) is 0 Å². The average Bonchev–Trinajstić information content (AvgIpc) is 2.54. The van der Waals surface area contributed by atoms with Gasteiger partial charge in [-0.25, -0.2) is 0 Å². The molecule has 0 saturated carbocycles. The van der Waals surface area contributed by atoms with Gasteiger partial charge in [-0.1, -0.05) is 95.3 Å². The fraction of sp³-hybridized carbons (Fsp3) is 0.333. The molecule has 0 bridgehead atoms. The minimum absolute atomic E-state index is 0.0948. The van der Waals surface area contributed by atoms with Crippen LogP contribution >= 0.6 is 0 Å². The van der Waals surface area contributed by atoms with Gasteiger partial charge in [-0.05, 0) is 0 Å².